The molecular formula is C24H27N3O4. The highest BCUT2D eigenvalue weighted by Gasteiger charge is 2.41. The fourth-order valence-corrected chi connectivity index (χ4v) is 4.14. The van der Waals surface area contributed by atoms with Crippen LogP contribution in [0.5, 0.6) is 5.75 Å². The van der Waals surface area contributed by atoms with E-state index in [4.69, 9.17) is 4.74 Å². The van der Waals surface area contributed by atoms with Gasteiger partial charge in [0, 0.05) is 25.2 Å². The number of carbonyl (C=O) groups is 3. The predicted octanol–water partition coefficient (Wildman–Crippen LogP) is 2.35. The maximum atomic E-state index is 12.7. The van der Waals surface area contributed by atoms with Crippen molar-refractivity contribution in [2.24, 2.45) is 0 Å². The number of nitrogens with one attached hydrogen (secondary N) is 1. The quantitative estimate of drug-likeness (QED) is 0.744. The molecule has 0 unspecified atom stereocenters. The predicted molar refractivity (Wildman–Crippen MR) is 115 cm³/mol. The molecule has 0 bridgehead atoms. The van der Waals surface area contributed by atoms with E-state index in [0.717, 1.165) is 29.7 Å². The molecule has 0 aromatic heterocycles. The summed E-state index contributed by atoms with van der Waals surface area (Å²) in [5, 5.41) is 2.91. The van der Waals surface area contributed by atoms with Crippen LogP contribution in [0.15, 0.2) is 48.5 Å². The van der Waals surface area contributed by atoms with E-state index in [1.807, 2.05) is 43.3 Å². The summed E-state index contributed by atoms with van der Waals surface area (Å²) in [6, 6.07) is 14.5. The van der Waals surface area contributed by atoms with Crippen LogP contribution in [0.1, 0.15) is 41.3 Å². The van der Waals surface area contributed by atoms with Gasteiger partial charge >= 0.3 is 0 Å². The Labute approximate surface area is 182 Å². The third kappa shape index (κ3) is 4.71. The van der Waals surface area contributed by atoms with E-state index in [1.54, 1.807) is 21.9 Å². The number of hydrogen-bond donors (Lipinski definition) is 1. The van der Waals surface area contributed by atoms with Crippen LogP contribution in [0, 0.1) is 0 Å². The van der Waals surface area contributed by atoms with E-state index < -0.39 is 0 Å². The molecule has 162 valence electrons. The zero-order valence-corrected chi connectivity index (χ0v) is 17.7. The normalized spacial score (nSPS) is 18.2. The fourth-order valence-electron chi connectivity index (χ4n) is 4.14. The molecule has 2 aromatic carbocycles. The fraction of sp³-hybridized carbons (Fsp3) is 0.375. The van der Waals surface area contributed by atoms with Crippen LogP contribution in [-0.4, -0.2) is 53.3 Å². The second-order valence-electron chi connectivity index (χ2n) is 7.90. The van der Waals surface area contributed by atoms with E-state index in [-0.39, 0.29) is 30.3 Å². The molecule has 4 rings (SSSR count). The molecule has 0 radical (unpaired) electrons. The SMILES string of the molecule is CCOc1ccc(CNC(=O)c2ccc(CN3CC(=O)N4CCC[C@@H]4C3=O)cc2)cc1. The Morgan fingerprint density at radius 3 is 2.48 bits per heavy atom. The summed E-state index contributed by atoms with van der Waals surface area (Å²) in [5.74, 6) is 0.690. The minimum Gasteiger partial charge on any atom is -0.494 e. The first-order valence-corrected chi connectivity index (χ1v) is 10.7. The van der Waals surface area contributed by atoms with Crippen molar-refractivity contribution in [3.63, 3.8) is 0 Å². The Kier molecular flexibility index (Phi) is 6.21. The first-order chi connectivity index (χ1) is 15.0. The minimum atomic E-state index is -0.297. The molecule has 1 atom stereocenters. The van der Waals surface area contributed by atoms with Crippen LogP contribution in [-0.2, 0) is 22.7 Å². The van der Waals surface area contributed by atoms with Crippen molar-refractivity contribution in [3.05, 3.63) is 65.2 Å². The summed E-state index contributed by atoms with van der Waals surface area (Å²) < 4.78 is 5.42. The highest BCUT2D eigenvalue weighted by Crippen LogP contribution is 2.24. The van der Waals surface area contributed by atoms with Crippen molar-refractivity contribution in [1.29, 1.82) is 0 Å². The van der Waals surface area contributed by atoms with E-state index in [2.05, 4.69) is 5.32 Å². The van der Waals surface area contributed by atoms with Crippen molar-refractivity contribution in [3.8, 4) is 5.75 Å². The van der Waals surface area contributed by atoms with Crippen LogP contribution in [0.25, 0.3) is 0 Å². The molecule has 7 nitrogen and oxygen atoms in total. The standard InChI is InChI=1S/C24H27N3O4/c1-2-31-20-11-7-17(8-12-20)14-25-23(29)19-9-5-18(6-10-19)15-26-16-22(28)27-13-3-4-21(27)24(26)30/h5-12,21H,2-4,13-16H2,1H3,(H,25,29)/t21-/m1/s1. The number of nitrogens with zero attached hydrogens (tertiary/aromatic N) is 2. The lowest BCUT2D eigenvalue weighted by Crippen LogP contribution is -2.56. The third-order valence-corrected chi connectivity index (χ3v) is 5.77. The van der Waals surface area contributed by atoms with E-state index in [0.29, 0.717) is 31.8 Å². The molecule has 31 heavy (non-hydrogen) atoms. The Bertz CT molecular complexity index is 956. The largest absolute Gasteiger partial charge is 0.494 e. The van der Waals surface area contributed by atoms with Gasteiger partial charge in [-0.2, -0.15) is 0 Å². The number of amides is 3. The Balaban J connectivity index is 1.32. The highest BCUT2D eigenvalue weighted by atomic mass is 16.5. The summed E-state index contributed by atoms with van der Waals surface area (Å²) in [7, 11) is 0. The number of ether oxygens (including phenoxy) is 1. The Morgan fingerprint density at radius 1 is 1.06 bits per heavy atom. The molecule has 7 heteroatoms. The number of hydrogen-bond acceptors (Lipinski definition) is 4. The maximum Gasteiger partial charge on any atom is 0.251 e. The average molecular weight is 421 g/mol. The maximum absolute atomic E-state index is 12.7. The first-order valence-electron chi connectivity index (χ1n) is 10.7. The van der Waals surface area contributed by atoms with E-state index >= 15 is 0 Å². The van der Waals surface area contributed by atoms with Crippen molar-refractivity contribution < 1.29 is 19.1 Å². The summed E-state index contributed by atoms with van der Waals surface area (Å²) in [4.78, 5) is 40.7. The molecular weight excluding hydrogens is 394 g/mol. The molecule has 2 aromatic rings. The molecule has 0 saturated carbocycles. The second kappa shape index (κ2) is 9.20. The third-order valence-electron chi connectivity index (χ3n) is 5.77. The average Bonchev–Trinajstić information content (AvgIpc) is 3.28. The van der Waals surface area contributed by atoms with Gasteiger partial charge in [0.05, 0.1) is 6.61 Å². The molecule has 2 heterocycles. The van der Waals surface area contributed by atoms with Crippen LogP contribution >= 0.6 is 0 Å². The summed E-state index contributed by atoms with van der Waals surface area (Å²) in [6.45, 7) is 4.17. The Morgan fingerprint density at radius 2 is 1.77 bits per heavy atom. The molecule has 2 aliphatic heterocycles. The number of rotatable bonds is 7. The second-order valence-corrected chi connectivity index (χ2v) is 7.90. The molecule has 3 amide bonds. The minimum absolute atomic E-state index is 0.0207. The Hall–Kier alpha value is -3.35. The van der Waals surface area contributed by atoms with Crippen molar-refractivity contribution in [2.75, 3.05) is 19.7 Å². The van der Waals surface area contributed by atoms with Crippen LogP contribution in [0.3, 0.4) is 0 Å². The van der Waals surface area contributed by atoms with Gasteiger partial charge in [-0.15, -0.1) is 0 Å². The zero-order valence-electron chi connectivity index (χ0n) is 17.7. The number of fused-ring (bicyclic) bond motifs is 1. The van der Waals surface area contributed by atoms with E-state index in [9.17, 15) is 14.4 Å². The monoisotopic (exact) mass is 421 g/mol. The van der Waals surface area contributed by atoms with Gasteiger partial charge in [0.2, 0.25) is 11.8 Å². The van der Waals surface area contributed by atoms with Gasteiger partial charge in [-0.3, -0.25) is 14.4 Å². The summed E-state index contributed by atoms with van der Waals surface area (Å²) in [5.41, 5.74) is 2.44. The zero-order chi connectivity index (χ0) is 21.8. The summed E-state index contributed by atoms with van der Waals surface area (Å²) in [6.07, 6.45) is 1.63. The van der Waals surface area contributed by atoms with Crippen LogP contribution < -0.4 is 10.1 Å². The number of piperazine rings is 1. The van der Waals surface area contributed by atoms with Crippen molar-refractivity contribution >= 4 is 17.7 Å². The van der Waals surface area contributed by atoms with Gasteiger partial charge in [0.15, 0.2) is 0 Å². The van der Waals surface area contributed by atoms with Gasteiger partial charge in [-0.05, 0) is 55.2 Å². The topological polar surface area (TPSA) is 79.0 Å². The van der Waals surface area contributed by atoms with Gasteiger partial charge in [0.1, 0.15) is 18.3 Å². The molecule has 1 N–H and O–H groups in total. The lowest BCUT2D eigenvalue weighted by molar-refractivity contribution is -0.154. The first kappa shape index (κ1) is 20.9. The van der Waals surface area contributed by atoms with Crippen LogP contribution in [0.2, 0.25) is 0 Å². The smallest absolute Gasteiger partial charge is 0.251 e. The summed E-state index contributed by atoms with van der Waals surface area (Å²) >= 11 is 0. The lowest BCUT2D eigenvalue weighted by atomic mass is 10.1. The molecule has 2 saturated heterocycles. The van der Waals surface area contributed by atoms with E-state index in [1.165, 1.54) is 0 Å². The van der Waals surface area contributed by atoms with Gasteiger partial charge in [-0.1, -0.05) is 24.3 Å². The number of benzene rings is 2. The number of carbonyl (C=O) groups excluding carboxylic acids is 3. The van der Waals surface area contributed by atoms with Gasteiger partial charge in [0.25, 0.3) is 5.91 Å². The molecule has 2 fully saturated rings. The van der Waals surface area contributed by atoms with Crippen LogP contribution in [0.4, 0.5) is 0 Å². The molecule has 2 aliphatic rings. The van der Waals surface area contributed by atoms with Crippen molar-refractivity contribution in [1.82, 2.24) is 15.1 Å². The molecule has 0 aliphatic carbocycles. The highest BCUT2D eigenvalue weighted by molar-refractivity contribution is 5.95. The lowest BCUT2D eigenvalue weighted by Gasteiger charge is -2.36. The van der Waals surface area contributed by atoms with Gasteiger partial charge < -0.3 is 19.9 Å². The van der Waals surface area contributed by atoms with Gasteiger partial charge in [-0.25, -0.2) is 0 Å². The van der Waals surface area contributed by atoms with Crippen molar-refractivity contribution in [2.45, 2.75) is 38.9 Å². The molecule has 0 spiro atoms.